The monoisotopic (exact) mass is 222 g/mol. The molecule has 0 bridgehead atoms. The van der Waals surface area contributed by atoms with Crippen LogP contribution in [0.25, 0.3) is 0 Å². The lowest BCUT2D eigenvalue weighted by atomic mass is 10.1. The Morgan fingerprint density at radius 2 is 2.12 bits per heavy atom. The van der Waals surface area contributed by atoms with Gasteiger partial charge in [0.2, 0.25) is 0 Å². The zero-order valence-corrected chi connectivity index (χ0v) is 10.3. The average Bonchev–Trinajstić information content (AvgIpc) is 2.99. The van der Waals surface area contributed by atoms with Gasteiger partial charge in [0.25, 0.3) is 0 Å². The fourth-order valence-corrected chi connectivity index (χ4v) is 2.27. The van der Waals surface area contributed by atoms with Crippen LogP contribution in [0, 0.1) is 5.92 Å². The van der Waals surface area contributed by atoms with Crippen molar-refractivity contribution >= 4 is 0 Å². The number of nitrogens with two attached hydrogens (primary N) is 1. The Balaban J connectivity index is 1.92. The zero-order chi connectivity index (χ0) is 11.5. The Labute approximate surface area is 97.6 Å². The fraction of sp³-hybridized carbons (Fsp3) is 0.692. The van der Waals surface area contributed by atoms with Gasteiger partial charge in [0.1, 0.15) is 11.5 Å². The molecular formula is C13H22N2O. The van der Waals surface area contributed by atoms with Gasteiger partial charge in [-0.1, -0.05) is 6.92 Å². The number of rotatable bonds is 6. The second-order valence-electron chi connectivity index (χ2n) is 4.78. The molecule has 1 heterocycles. The van der Waals surface area contributed by atoms with Gasteiger partial charge in [0.15, 0.2) is 0 Å². The SMILES string of the molecule is CCc1ccc(CN(C)C(CN)C2CC2)o1. The van der Waals surface area contributed by atoms with Crippen molar-refractivity contribution in [3.8, 4) is 0 Å². The highest BCUT2D eigenvalue weighted by atomic mass is 16.3. The molecule has 1 saturated carbocycles. The van der Waals surface area contributed by atoms with Crippen LogP contribution in [0.2, 0.25) is 0 Å². The van der Waals surface area contributed by atoms with Gasteiger partial charge in [-0.15, -0.1) is 0 Å². The molecule has 16 heavy (non-hydrogen) atoms. The summed E-state index contributed by atoms with van der Waals surface area (Å²) in [5.41, 5.74) is 5.83. The molecule has 0 aromatic carbocycles. The van der Waals surface area contributed by atoms with Crippen molar-refractivity contribution in [1.29, 1.82) is 0 Å². The minimum Gasteiger partial charge on any atom is -0.465 e. The number of hydrogen-bond acceptors (Lipinski definition) is 3. The van der Waals surface area contributed by atoms with E-state index in [4.69, 9.17) is 10.2 Å². The van der Waals surface area contributed by atoms with Crippen LogP contribution in [0.15, 0.2) is 16.5 Å². The Morgan fingerprint density at radius 3 is 2.62 bits per heavy atom. The third-order valence-electron chi connectivity index (χ3n) is 3.44. The summed E-state index contributed by atoms with van der Waals surface area (Å²) in [4.78, 5) is 2.33. The number of furan rings is 1. The van der Waals surface area contributed by atoms with Crippen LogP contribution in [-0.4, -0.2) is 24.5 Å². The summed E-state index contributed by atoms with van der Waals surface area (Å²) in [6.07, 6.45) is 3.64. The van der Waals surface area contributed by atoms with Gasteiger partial charge in [0.05, 0.1) is 6.54 Å². The summed E-state index contributed by atoms with van der Waals surface area (Å²) >= 11 is 0. The van der Waals surface area contributed by atoms with E-state index in [1.165, 1.54) is 12.8 Å². The lowest BCUT2D eigenvalue weighted by molar-refractivity contribution is 0.199. The van der Waals surface area contributed by atoms with E-state index in [9.17, 15) is 0 Å². The van der Waals surface area contributed by atoms with Crippen LogP contribution < -0.4 is 5.73 Å². The van der Waals surface area contributed by atoms with Crippen LogP contribution in [0.4, 0.5) is 0 Å². The van der Waals surface area contributed by atoms with E-state index in [0.717, 1.165) is 36.9 Å². The molecule has 1 aromatic rings. The third kappa shape index (κ3) is 2.66. The number of hydrogen-bond donors (Lipinski definition) is 1. The van der Waals surface area contributed by atoms with Gasteiger partial charge in [-0.2, -0.15) is 0 Å². The quantitative estimate of drug-likeness (QED) is 0.800. The standard InChI is InChI=1S/C13H22N2O/c1-3-11-6-7-12(16-11)9-15(2)13(8-14)10-4-5-10/h6-7,10,13H,3-5,8-9,14H2,1-2H3. The molecule has 0 amide bonds. The van der Waals surface area contributed by atoms with E-state index >= 15 is 0 Å². The number of aryl methyl sites for hydroxylation is 1. The first kappa shape index (κ1) is 11.7. The van der Waals surface area contributed by atoms with E-state index in [1.54, 1.807) is 0 Å². The van der Waals surface area contributed by atoms with Crippen molar-refractivity contribution in [2.24, 2.45) is 11.7 Å². The molecule has 0 aliphatic heterocycles. The van der Waals surface area contributed by atoms with E-state index < -0.39 is 0 Å². The average molecular weight is 222 g/mol. The van der Waals surface area contributed by atoms with Crippen molar-refractivity contribution in [1.82, 2.24) is 4.90 Å². The van der Waals surface area contributed by atoms with Crippen LogP contribution >= 0.6 is 0 Å². The first-order valence-corrected chi connectivity index (χ1v) is 6.22. The molecule has 0 radical (unpaired) electrons. The van der Waals surface area contributed by atoms with Gasteiger partial charge in [0, 0.05) is 19.0 Å². The fourth-order valence-electron chi connectivity index (χ4n) is 2.27. The molecule has 3 heteroatoms. The van der Waals surface area contributed by atoms with E-state index in [-0.39, 0.29) is 0 Å². The van der Waals surface area contributed by atoms with Crippen molar-refractivity contribution in [3.05, 3.63) is 23.7 Å². The zero-order valence-electron chi connectivity index (χ0n) is 10.3. The van der Waals surface area contributed by atoms with Crippen molar-refractivity contribution < 1.29 is 4.42 Å². The summed E-state index contributed by atoms with van der Waals surface area (Å²) < 4.78 is 5.72. The molecular weight excluding hydrogens is 200 g/mol. The molecule has 90 valence electrons. The van der Waals surface area contributed by atoms with Gasteiger partial charge >= 0.3 is 0 Å². The Kier molecular flexibility index (Phi) is 3.66. The molecule has 3 nitrogen and oxygen atoms in total. The molecule has 1 fully saturated rings. The lowest BCUT2D eigenvalue weighted by Gasteiger charge is -2.25. The molecule has 0 spiro atoms. The first-order chi connectivity index (χ1) is 7.74. The minimum atomic E-state index is 0.523. The molecule has 1 aliphatic rings. The number of nitrogens with zero attached hydrogens (tertiary/aromatic N) is 1. The predicted octanol–water partition coefficient (Wildman–Crippen LogP) is 2.01. The second-order valence-corrected chi connectivity index (χ2v) is 4.78. The largest absolute Gasteiger partial charge is 0.465 e. The highest BCUT2D eigenvalue weighted by molar-refractivity contribution is 5.07. The first-order valence-electron chi connectivity index (χ1n) is 6.22. The molecule has 2 rings (SSSR count). The second kappa shape index (κ2) is 5.02. The molecule has 0 saturated heterocycles. The van der Waals surface area contributed by atoms with Crippen molar-refractivity contribution in [3.63, 3.8) is 0 Å². The van der Waals surface area contributed by atoms with Gasteiger partial charge in [-0.25, -0.2) is 0 Å². The maximum Gasteiger partial charge on any atom is 0.118 e. The summed E-state index contributed by atoms with van der Waals surface area (Å²) in [6, 6.07) is 4.67. The Morgan fingerprint density at radius 1 is 1.44 bits per heavy atom. The van der Waals surface area contributed by atoms with Gasteiger partial charge in [-0.05, 0) is 37.9 Å². The van der Waals surface area contributed by atoms with E-state index in [2.05, 4.69) is 31.0 Å². The molecule has 1 aliphatic carbocycles. The maximum atomic E-state index is 5.83. The number of likely N-dealkylation sites (N-methyl/N-ethyl adjacent to an activating group) is 1. The van der Waals surface area contributed by atoms with Crippen LogP contribution in [0.1, 0.15) is 31.3 Å². The Hall–Kier alpha value is -0.800. The van der Waals surface area contributed by atoms with E-state index in [0.29, 0.717) is 6.04 Å². The molecule has 2 N–H and O–H groups in total. The highest BCUT2D eigenvalue weighted by Crippen LogP contribution is 2.34. The van der Waals surface area contributed by atoms with Gasteiger partial charge in [-0.3, -0.25) is 4.90 Å². The molecule has 1 aromatic heterocycles. The summed E-state index contributed by atoms with van der Waals surface area (Å²) in [5, 5.41) is 0. The van der Waals surface area contributed by atoms with Crippen LogP contribution in [0.3, 0.4) is 0 Å². The lowest BCUT2D eigenvalue weighted by Crippen LogP contribution is -2.39. The predicted molar refractivity (Wildman–Crippen MR) is 65.1 cm³/mol. The van der Waals surface area contributed by atoms with Gasteiger partial charge < -0.3 is 10.2 Å². The summed E-state index contributed by atoms with van der Waals surface area (Å²) in [7, 11) is 2.14. The smallest absolute Gasteiger partial charge is 0.118 e. The molecule has 1 unspecified atom stereocenters. The Bertz CT molecular complexity index is 330. The highest BCUT2D eigenvalue weighted by Gasteiger charge is 2.32. The maximum absolute atomic E-state index is 5.83. The van der Waals surface area contributed by atoms with Crippen LogP contribution in [-0.2, 0) is 13.0 Å². The van der Waals surface area contributed by atoms with Crippen molar-refractivity contribution in [2.75, 3.05) is 13.6 Å². The topological polar surface area (TPSA) is 42.4 Å². The summed E-state index contributed by atoms with van der Waals surface area (Å²) in [6.45, 7) is 3.74. The normalized spacial score (nSPS) is 18.0. The van der Waals surface area contributed by atoms with Crippen LogP contribution in [0.5, 0.6) is 0 Å². The summed E-state index contributed by atoms with van der Waals surface area (Å²) in [5.74, 6) is 2.94. The minimum absolute atomic E-state index is 0.523. The van der Waals surface area contributed by atoms with Crippen molar-refractivity contribution in [2.45, 2.75) is 38.8 Å². The van der Waals surface area contributed by atoms with E-state index in [1.807, 2.05) is 0 Å². The third-order valence-corrected chi connectivity index (χ3v) is 3.44. The molecule has 1 atom stereocenters.